The lowest BCUT2D eigenvalue weighted by molar-refractivity contribution is 0.0623. The highest BCUT2D eigenvalue weighted by Crippen LogP contribution is 2.28. The quantitative estimate of drug-likeness (QED) is 0.509. The Morgan fingerprint density at radius 2 is 2.38 bits per heavy atom. The first-order valence-electron chi connectivity index (χ1n) is 4.98. The predicted octanol–water partition coefficient (Wildman–Crippen LogP) is 2.51. The van der Waals surface area contributed by atoms with Crippen LogP contribution in [0.1, 0.15) is 39.5 Å². The van der Waals surface area contributed by atoms with E-state index in [1.807, 2.05) is 13.0 Å². The molecule has 1 heteroatoms. The summed E-state index contributed by atoms with van der Waals surface area (Å²) in [5, 5.41) is 10.1. The van der Waals surface area contributed by atoms with Gasteiger partial charge in [-0.2, -0.15) is 0 Å². The fourth-order valence-electron chi connectivity index (χ4n) is 1.61. The molecular formula is C12H18O. The molecule has 1 rings (SSSR count). The Labute approximate surface area is 80.9 Å². The summed E-state index contributed by atoms with van der Waals surface area (Å²) in [6.45, 7) is 4.02. The van der Waals surface area contributed by atoms with Gasteiger partial charge in [-0.15, -0.1) is 11.8 Å². The second kappa shape index (κ2) is 4.48. The van der Waals surface area contributed by atoms with Crippen molar-refractivity contribution in [2.75, 3.05) is 0 Å². The third kappa shape index (κ3) is 3.24. The van der Waals surface area contributed by atoms with Crippen LogP contribution in [0.4, 0.5) is 0 Å². The van der Waals surface area contributed by atoms with Gasteiger partial charge in [0.1, 0.15) is 0 Å². The van der Waals surface area contributed by atoms with Crippen molar-refractivity contribution < 1.29 is 5.11 Å². The van der Waals surface area contributed by atoms with Gasteiger partial charge in [-0.25, -0.2) is 0 Å². The van der Waals surface area contributed by atoms with E-state index in [4.69, 9.17) is 0 Å². The monoisotopic (exact) mass is 178 g/mol. The Bertz CT molecular complexity index is 244. The molecule has 1 aliphatic carbocycles. The summed E-state index contributed by atoms with van der Waals surface area (Å²) in [6.07, 6.45) is 7.62. The van der Waals surface area contributed by atoms with E-state index in [2.05, 4.69) is 24.8 Å². The van der Waals surface area contributed by atoms with Crippen LogP contribution in [-0.4, -0.2) is 10.7 Å². The average Bonchev–Trinajstić information content (AvgIpc) is 2.12. The lowest BCUT2D eigenvalue weighted by Gasteiger charge is -2.29. The zero-order valence-electron chi connectivity index (χ0n) is 8.51. The van der Waals surface area contributed by atoms with E-state index < -0.39 is 5.60 Å². The summed E-state index contributed by atoms with van der Waals surface area (Å²) in [6, 6.07) is 0. The Hall–Kier alpha value is -0.740. The summed E-state index contributed by atoms with van der Waals surface area (Å²) in [5.41, 5.74) is -0.573. The van der Waals surface area contributed by atoms with Crippen molar-refractivity contribution in [2.24, 2.45) is 5.92 Å². The van der Waals surface area contributed by atoms with Crippen LogP contribution in [0.5, 0.6) is 0 Å². The van der Waals surface area contributed by atoms with Crippen molar-refractivity contribution in [2.45, 2.75) is 45.1 Å². The fraction of sp³-hybridized carbons (Fsp3) is 0.667. The molecule has 0 aliphatic heterocycles. The van der Waals surface area contributed by atoms with Crippen molar-refractivity contribution in [3.63, 3.8) is 0 Å². The number of allylic oxidation sites excluding steroid dienone is 1. The molecule has 72 valence electrons. The highest BCUT2D eigenvalue weighted by Gasteiger charge is 2.26. The molecule has 0 amide bonds. The van der Waals surface area contributed by atoms with Gasteiger partial charge in [0, 0.05) is 6.42 Å². The van der Waals surface area contributed by atoms with Crippen LogP contribution in [0.15, 0.2) is 12.2 Å². The Morgan fingerprint density at radius 1 is 1.62 bits per heavy atom. The predicted molar refractivity (Wildman–Crippen MR) is 55.2 cm³/mol. The normalized spacial score (nSPS) is 32.4. The summed E-state index contributed by atoms with van der Waals surface area (Å²) >= 11 is 0. The van der Waals surface area contributed by atoms with E-state index in [1.54, 1.807) is 0 Å². The van der Waals surface area contributed by atoms with Crippen molar-refractivity contribution in [3.8, 4) is 11.8 Å². The molecular weight excluding hydrogens is 160 g/mol. The van der Waals surface area contributed by atoms with Gasteiger partial charge in [-0.05, 0) is 32.1 Å². The molecule has 2 unspecified atom stereocenters. The minimum atomic E-state index is -0.573. The molecule has 0 heterocycles. The Morgan fingerprint density at radius 3 is 2.92 bits per heavy atom. The van der Waals surface area contributed by atoms with Gasteiger partial charge in [0.05, 0.1) is 5.60 Å². The highest BCUT2D eigenvalue weighted by atomic mass is 16.3. The van der Waals surface area contributed by atoms with Crippen LogP contribution >= 0.6 is 0 Å². The zero-order chi connectivity index (χ0) is 9.73. The molecule has 0 aromatic carbocycles. The maximum absolute atomic E-state index is 10.1. The number of aliphatic hydroxyl groups is 1. The maximum Gasteiger partial charge on any atom is 0.0837 e. The van der Waals surface area contributed by atoms with Gasteiger partial charge in [-0.3, -0.25) is 0 Å². The van der Waals surface area contributed by atoms with Gasteiger partial charge in [0.2, 0.25) is 0 Å². The molecule has 0 aromatic heterocycles. The second-order valence-electron chi connectivity index (χ2n) is 3.91. The van der Waals surface area contributed by atoms with Gasteiger partial charge < -0.3 is 5.11 Å². The zero-order valence-corrected chi connectivity index (χ0v) is 8.51. The van der Waals surface area contributed by atoms with Crippen molar-refractivity contribution in [3.05, 3.63) is 12.2 Å². The lowest BCUT2D eigenvalue weighted by atomic mass is 9.83. The molecule has 2 atom stereocenters. The Kier molecular flexibility index (Phi) is 3.57. The minimum Gasteiger partial charge on any atom is -0.386 e. The third-order valence-electron chi connectivity index (χ3n) is 2.63. The molecule has 0 aromatic rings. The largest absolute Gasteiger partial charge is 0.386 e. The van der Waals surface area contributed by atoms with Crippen LogP contribution in [0.3, 0.4) is 0 Å². The van der Waals surface area contributed by atoms with Gasteiger partial charge in [0.15, 0.2) is 0 Å². The average molecular weight is 178 g/mol. The molecule has 13 heavy (non-hydrogen) atoms. The molecule has 1 nitrogen and oxygen atoms in total. The van der Waals surface area contributed by atoms with Crippen LogP contribution in [0.25, 0.3) is 0 Å². The van der Waals surface area contributed by atoms with Crippen molar-refractivity contribution >= 4 is 0 Å². The molecule has 0 fully saturated rings. The highest BCUT2D eigenvalue weighted by molar-refractivity contribution is 5.08. The van der Waals surface area contributed by atoms with E-state index in [1.165, 1.54) is 0 Å². The molecule has 1 N–H and O–H groups in total. The van der Waals surface area contributed by atoms with Gasteiger partial charge in [-0.1, -0.05) is 19.1 Å². The van der Waals surface area contributed by atoms with E-state index in [0.29, 0.717) is 5.92 Å². The summed E-state index contributed by atoms with van der Waals surface area (Å²) in [5.74, 6) is 6.46. The number of hydrogen-bond donors (Lipinski definition) is 1. The molecule has 1 aliphatic rings. The maximum atomic E-state index is 10.1. The summed E-state index contributed by atoms with van der Waals surface area (Å²) < 4.78 is 0. The van der Waals surface area contributed by atoms with Gasteiger partial charge >= 0.3 is 0 Å². The first kappa shape index (κ1) is 10.3. The van der Waals surface area contributed by atoms with Crippen LogP contribution < -0.4 is 0 Å². The van der Waals surface area contributed by atoms with E-state index in [0.717, 1.165) is 25.7 Å². The van der Waals surface area contributed by atoms with E-state index >= 15 is 0 Å². The van der Waals surface area contributed by atoms with Gasteiger partial charge in [0.25, 0.3) is 0 Å². The lowest BCUT2D eigenvalue weighted by Crippen LogP contribution is -2.29. The minimum absolute atomic E-state index is 0.573. The molecule has 0 spiro atoms. The molecule has 0 radical (unpaired) electrons. The summed E-state index contributed by atoms with van der Waals surface area (Å²) in [7, 11) is 0. The van der Waals surface area contributed by atoms with Crippen molar-refractivity contribution in [1.29, 1.82) is 0 Å². The fourth-order valence-corrected chi connectivity index (χ4v) is 1.61. The SMILES string of the molecule is CC#CCCC1(O)C=CC(C)CC1. The first-order chi connectivity index (χ1) is 6.16. The second-order valence-corrected chi connectivity index (χ2v) is 3.91. The number of hydrogen-bond acceptors (Lipinski definition) is 1. The molecule has 0 bridgehead atoms. The smallest absolute Gasteiger partial charge is 0.0837 e. The van der Waals surface area contributed by atoms with E-state index in [9.17, 15) is 5.11 Å². The molecule has 0 saturated heterocycles. The van der Waals surface area contributed by atoms with Crippen molar-refractivity contribution in [1.82, 2.24) is 0 Å². The first-order valence-corrected chi connectivity index (χ1v) is 4.98. The molecule has 0 saturated carbocycles. The third-order valence-corrected chi connectivity index (χ3v) is 2.63. The summed E-state index contributed by atoms with van der Waals surface area (Å²) in [4.78, 5) is 0. The topological polar surface area (TPSA) is 20.2 Å². The number of rotatable bonds is 2. The Balaban J connectivity index is 2.45. The van der Waals surface area contributed by atoms with Crippen LogP contribution in [0.2, 0.25) is 0 Å². The standard InChI is InChI=1S/C12H18O/c1-3-4-5-8-12(13)9-6-11(2)7-10-12/h6,9,11,13H,5,7-8,10H2,1-2H3. The van der Waals surface area contributed by atoms with E-state index in [-0.39, 0.29) is 0 Å². The van der Waals surface area contributed by atoms with Crippen LogP contribution in [0, 0.1) is 17.8 Å². The van der Waals surface area contributed by atoms with Crippen LogP contribution in [-0.2, 0) is 0 Å².